The van der Waals surface area contributed by atoms with E-state index in [1.165, 1.54) is 7.05 Å². The van der Waals surface area contributed by atoms with E-state index in [1.807, 2.05) is 42.5 Å². The van der Waals surface area contributed by atoms with Crippen LogP contribution in [-0.2, 0) is 6.54 Å². The highest BCUT2D eigenvalue weighted by molar-refractivity contribution is 5.94. The molecule has 0 fully saturated rings. The molecule has 2 amide bonds. The molecule has 0 saturated carbocycles. The molecule has 0 aromatic heterocycles. The normalized spacial score (nSPS) is 9.95. The van der Waals surface area contributed by atoms with Gasteiger partial charge in [-0.05, 0) is 16.3 Å². The molecule has 0 heterocycles. The monoisotopic (exact) mass is 256 g/mol. The zero-order valence-corrected chi connectivity index (χ0v) is 10.7. The number of benzene rings is 2. The van der Waals surface area contributed by atoms with Crippen molar-refractivity contribution in [2.75, 3.05) is 7.05 Å². The average molecular weight is 256 g/mol. The summed E-state index contributed by atoms with van der Waals surface area (Å²) in [6, 6.07) is 13.7. The minimum absolute atomic E-state index is 0.0210. The third-order valence-corrected chi connectivity index (χ3v) is 2.80. The van der Waals surface area contributed by atoms with Gasteiger partial charge in [0, 0.05) is 13.6 Å². The molecule has 2 aromatic rings. The first-order valence-electron chi connectivity index (χ1n) is 5.98. The van der Waals surface area contributed by atoms with Gasteiger partial charge in [-0.25, -0.2) is 4.79 Å². The highest BCUT2D eigenvalue weighted by atomic mass is 16.2. The zero-order chi connectivity index (χ0) is 13.7. The summed E-state index contributed by atoms with van der Waals surface area (Å²) in [5.41, 5.74) is 1.08. The molecular formula is C14H16N4O. The summed E-state index contributed by atoms with van der Waals surface area (Å²) in [5, 5.41) is 17.5. The van der Waals surface area contributed by atoms with E-state index in [2.05, 4.69) is 16.0 Å². The molecule has 0 aliphatic heterocycles. The Hall–Kier alpha value is -2.56. The van der Waals surface area contributed by atoms with E-state index in [9.17, 15) is 4.79 Å². The maximum Gasteiger partial charge on any atom is 0.321 e. The molecule has 2 aromatic carbocycles. The average Bonchev–Trinajstić information content (AvgIpc) is 2.44. The number of nitrogens with one attached hydrogen (secondary N) is 4. The summed E-state index contributed by atoms with van der Waals surface area (Å²) < 4.78 is 0. The Morgan fingerprint density at radius 3 is 2.68 bits per heavy atom. The van der Waals surface area contributed by atoms with E-state index in [1.54, 1.807) is 0 Å². The lowest BCUT2D eigenvalue weighted by Gasteiger charge is -2.10. The first-order valence-corrected chi connectivity index (χ1v) is 5.98. The van der Waals surface area contributed by atoms with Crippen molar-refractivity contribution in [1.82, 2.24) is 16.0 Å². The van der Waals surface area contributed by atoms with Gasteiger partial charge in [0.15, 0.2) is 5.96 Å². The first kappa shape index (κ1) is 12.9. The second-order valence-electron chi connectivity index (χ2n) is 4.07. The minimum Gasteiger partial charge on any atom is -0.352 e. The van der Waals surface area contributed by atoms with Crippen LogP contribution < -0.4 is 16.0 Å². The second kappa shape index (κ2) is 5.86. The third kappa shape index (κ3) is 3.22. The van der Waals surface area contributed by atoms with Crippen molar-refractivity contribution in [1.29, 1.82) is 5.41 Å². The number of amides is 2. The maximum atomic E-state index is 11.0. The van der Waals surface area contributed by atoms with E-state index < -0.39 is 6.03 Å². The maximum absolute atomic E-state index is 11.0. The van der Waals surface area contributed by atoms with Gasteiger partial charge in [-0.15, -0.1) is 0 Å². The van der Waals surface area contributed by atoms with E-state index in [0.717, 1.165) is 16.3 Å². The molecule has 4 N–H and O–H groups in total. The van der Waals surface area contributed by atoms with Gasteiger partial charge >= 0.3 is 6.03 Å². The van der Waals surface area contributed by atoms with Crippen molar-refractivity contribution >= 4 is 22.8 Å². The number of fused-ring (bicyclic) bond motifs is 1. The minimum atomic E-state index is -0.407. The molecule has 2 rings (SSSR count). The predicted octanol–water partition coefficient (Wildman–Crippen LogP) is 1.79. The second-order valence-corrected chi connectivity index (χ2v) is 4.07. The number of urea groups is 1. The molecule has 5 heteroatoms. The summed E-state index contributed by atoms with van der Waals surface area (Å²) in [7, 11) is 1.51. The van der Waals surface area contributed by atoms with Crippen LogP contribution in [-0.4, -0.2) is 19.0 Å². The van der Waals surface area contributed by atoms with Gasteiger partial charge < -0.3 is 10.6 Å². The SMILES string of the molecule is CNC(=O)NC(=N)NCc1cccc2ccccc12. The summed E-state index contributed by atoms with van der Waals surface area (Å²) in [6.45, 7) is 0.490. The Morgan fingerprint density at radius 2 is 1.89 bits per heavy atom. The molecule has 0 unspecified atom stereocenters. The number of hydrogen-bond acceptors (Lipinski definition) is 2. The number of carbonyl (C=O) groups excluding carboxylic acids is 1. The molecule has 0 saturated heterocycles. The summed E-state index contributed by atoms with van der Waals surface area (Å²) in [4.78, 5) is 11.0. The fourth-order valence-corrected chi connectivity index (χ4v) is 1.85. The Kier molecular flexibility index (Phi) is 3.97. The molecule has 0 aliphatic rings. The number of hydrogen-bond donors (Lipinski definition) is 4. The van der Waals surface area contributed by atoms with Crippen molar-refractivity contribution in [2.24, 2.45) is 0 Å². The lowest BCUT2D eigenvalue weighted by molar-refractivity contribution is 0.247. The number of rotatable bonds is 2. The Bertz CT molecular complexity index is 604. The Morgan fingerprint density at radius 1 is 1.16 bits per heavy atom. The molecule has 0 aliphatic carbocycles. The van der Waals surface area contributed by atoms with Crippen LogP contribution in [0.5, 0.6) is 0 Å². The molecule has 0 spiro atoms. The van der Waals surface area contributed by atoms with E-state index in [4.69, 9.17) is 5.41 Å². The first-order chi connectivity index (χ1) is 9.20. The highest BCUT2D eigenvalue weighted by Crippen LogP contribution is 2.17. The predicted molar refractivity (Wildman–Crippen MR) is 76.1 cm³/mol. The van der Waals surface area contributed by atoms with Gasteiger partial charge in [-0.3, -0.25) is 10.7 Å². The zero-order valence-electron chi connectivity index (χ0n) is 10.7. The van der Waals surface area contributed by atoms with Crippen LogP contribution in [0.4, 0.5) is 4.79 Å². The van der Waals surface area contributed by atoms with Crippen molar-refractivity contribution in [3.63, 3.8) is 0 Å². The van der Waals surface area contributed by atoms with Gasteiger partial charge in [0.2, 0.25) is 0 Å². The van der Waals surface area contributed by atoms with Gasteiger partial charge in [-0.2, -0.15) is 0 Å². The molecule has 0 radical (unpaired) electrons. The topological polar surface area (TPSA) is 77.0 Å². The number of carbonyl (C=O) groups is 1. The van der Waals surface area contributed by atoms with E-state index >= 15 is 0 Å². The Balaban J connectivity index is 2.06. The van der Waals surface area contributed by atoms with Gasteiger partial charge in [0.05, 0.1) is 0 Å². The van der Waals surface area contributed by atoms with Crippen LogP contribution in [0.15, 0.2) is 42.5 Å². The van der Waals surface area contributed by atoms with Crippen molar-refractivity contribution in [3.8, 4) is 0 Å². The fourth-order valence-electron chi connectivity index (χ4n) is 1.85. The smallest absolute Gasteiger partial charge is 0.321 e. The van der Waals surface area contributed by atoms with Gasteiger partial charge in [0.25, 0.3) is 0 Å². The number of guanidine groups is 1. The van der Waals surface area contributed by atoms with E-state index in [0.29, 0.717) is 6.54 Å². The van der Waals surface area contributed by atoms with Crippen LogP contribution in [0.3, 0.4) is 0 Å². The van der Waals surface area contributed by atoms with Crippen LogP contribution >= 0.6 is 0 Å². The van der Waals surface area contributed by atoms with Crippen LogP contribution in [0.25, 0.3) is 10.8 Å². The largest absolute Gasteiger partial charge is 0.352 e. The quantitative estimate of drug-likeness (QED) is 0.488. The van der Waals surface area contributed by atoms with Crippen molar-refractivity contribution in [2.45, 2.75) is 6.54 Å². The molecule has 0 atom stereocenters. The lowest BCUT2D eigenvalue weighted by atomic mass is 10.0. The third-order valence-electron chi connectivity index (χ3n) is 2.80. The van der Waals surface area contributed by atoms with Crippen LogP contribution in [0.2, 0.25) is 0 Å². The lowest BCUT2D eigenvalue weighted by Crippen LogP contribution is -2.43. The molecule has 19 heavy (non-hydrogen) atoms. The van der Waals surface area contributed by atoms with Gasteiger partial charge in [0.1, 0.15) is 0 Å². The van der Waals surface area contributed by atoms with Crippen LogP contribution in [0.1, 0.15) is 5.56 Å². The highest BCUT2D eigenvalue weighted by Gasteiger charge is 2.03. The fraction of sp³-hybridized carbons (Fsp3) is 0.143. The van der Waals surface area contributed by atoms with Crippen molar-refractivity contribution < 1.29 is 4.79 Å². The molecule has 98 valence electrons. The van der Waals surface area contributed by atoms with Gasteiger partial charge in [-0.1, -0.05) is 42.5 Å². The van der Waals surface area contributed by atoms with Crippen LogP contribution in [0, 0.1) is 5.41 Å². The molecule has 5 nitrogen and oxygen atoms in total. The Labute approximate surface area is 111 Å². The molecule has 0 bridgehead atoms. The van der Waals surface area contributed by atoms with Crippen molar-refractivity contribution in [3.05, 3.63) is 48.0 Å². The summed E-state index contributed by atoms with van der Waals surface area (Å²) >= 11 is 0. The summed E-state index contributed by atoms with van der Waals surface area (Å²) in [5.74, 6) is -0.0210. The van der Waals surface area contributed by atoms with E-state index in [-0.39, 0.29) is 5.96 Å². The summed E-state index contributed by atoms with van der Waals surface area (Å²) in [6.07, 6.45) is 0. The standard InChI is InChI=1S/C14H16N4O/c1-16-14(19)18-13(15)17-9-11-7-4-6-10-5-2-3-8-12(10)11/h2-8H,9H2,1H3,(H4,15,16,17,18,19). The molecular weight excluding hydrogens is 240 g/mol.